The molecule has 0 N–H and O–H groups in total. The van der Waals surface area contributed by atoms with Crippen molar-refractivity contribution in [3.8, 4) is 0 Å². The van der Waals surface area contributed by atoms with Gasteiger partial charge in [-0.25, -0.2) is 0 Å². The molecule has 0 fully saturated rings. The Morgan fingerprint density at radius 2 is 0.687 bits per heavy atom. The molecule has 0 saturated heterocycles. The third kappa shape index (κ3) is 65.1. The number of quaternary nitrogens is 1. The lowest BCUT2D eigenvalue weighted by Gasteiger charge is -2.26. The molecule has 0 aromatic rings. The average Bonchev–Trinajstić information content (AvgIpc) is 3.46. The van der Waals surface area contributed by atoms with Crippen LogP contribution in [-0.2, 0) is 33.3 Å². The van der Waals surface area contributed by atoms with E-state index in [1.807, 2.05) is 21.1 Å². The molecule has 0 amide bonds. The Bertz CT molecular complexity index is 1780. The van der Waals surface area contributed by atoms with Crippen molar-refractivity contribution in [1.29, 1.82) is 0 Å². The van der Waals surface area contributed by atoms with Gasteiger partial charge in [0.2, 0.25) is 0 Å². The number of hydrogen-bond donors (Lipinski definition) is 0. The summed E-state index contributed by atoms with van der Waals surface area (Å²) in [5.41, 5.74) is 0. The van der Waals surface area contributed by atoms with Gasteiger partial charge in [-0.1, -0.05) is 270 Å². The predicted octanol–water partition coefficient (Wildman–Crippen LogP) is 19.5. The second kappa shape index (κ2) is 63.7. The van der Waals surface area contributed by atoms with Crippen LogP contribution in [0.25, 0.3) is 0 Å². The molecule has 0 spiro atoms. The minimum Gasteiger partial charge on any atom is -0.545 e. The van der Waals surface area contributed by atoms with Crippen LogP contribution in [0.2, 0.25) is 0 Å². The van der Waals surface area contributed by atoms with Gasteiger partial charge in [-0.2, -0.15) is 0 Å². The highest BCUT2D eigenvalue weighted by Crippen LogP contribution is 2.16. The maximum Gasteiger partial charge on any atom is 0.306 e. The van der Waals surface area contributed by atoms with Crippen molar-refractivity contribution in [3.63, 3.8) is 0 Å². The lowest BCUT2D eigenvalue weighted by molar-refractivity contribution is -0.870. The topological polar surface area (TPSA) is 111 Å². The zero-order valence-electron chi connectivity index (χ0n) is 54.0. The number of rotatable bonds is 61. The molecule has 0 bridgehead atoms. The van der Waals surface area contributed by atoms with Gasteiger partial charge in [-0.15, -0.1) is 0 Å². The van der Waals surface area contributed by atoms with Crippen LogP contribution in [-0.4, -0.2) is 82.3 Å². The van der Waals surface area contributed by atoms with Gasteiger partial charge < -0.3 is 33.3 Å². The summed E-state index contributed by atoms with van der Waals surface area (Å²) < 4.78 is 22.8. The minimum atomic E-state index is -1.63. The van der Waals surface area contributed by atoms with Gasteiger partial charge in [0, 0.05) is 12.8 Å². The highest BCUT2D eigenvalue weighted by atomic mass is 16.7. The van der Waals surface area contributed by atoms with Crippen molar-refractivity contribution in [2.75, 3.05) is 47.5 Å². The highest BCUT2D eigenvalue weighted by Gasteiger charge is 2.22. The predicted molar refractivity (Wildman–Crippen MR) is 352 cm³/mol. The van der Waals surface area contributed by atoms with E-state index in [2.05, 4.69) is 135 Å². The molecule has 0 radical (unpaired) electrons. The lowest BCUT2D eigenvalue weighted by Crippen LogP contribution is -2.44. The van der Waals surface area contributed by atoms with Crippen molar-refractivity contribution in [2.45, 2.75) is 283 Å². The fraction of sp³-hybridized carbons (Fsp3) is 0.689. The van der Waals surface area contributed by atoms with Crippen LogP contribution < -0.4 is 5.11 Å². The standard InChI is InChI=1S/C74H125NO8/c1-6-8-10-12-14-16-18-20-22-24-26-28-30-32-34-35-36-37-39-41-43-45-47-49-51-53-55-57-59-61-63-65-72(77)83-70(69-82-74(73(78)79)80-67-66-75(3,4)5)68-81-71(76)64-62-60-58-56-54-52-50-48-46-44-42-40-38-33-31-29-27-25-23-21-19-17-15-13-11-9-7-2/h8,10,14,16,19-22,25-28,32,34,36-37,41,43,47,49,70,74H,6-7,9,11-13,15,17-18,23-24,29-31,33,35,38-40,42,44-46,48,50-69H2,1-5H3/b10-8-,16-14-,21-19-,22-20-,27-25-,28-26-,34-32-,37-36-,43-41-,49-47-. The number of hydrogen-bond acceptors (Lipinski definition) is 8. The number of unbranched alkanes of at least 4 members (excludes halogenated alkanes) is 26. The van der Waals surface area contributed by atoms with Crippen LogP contribution in [0.15, 0.2) is 122 Å². The molecule has 0 saturated carbocycles. The first kappa shape index (κ1) is 78.7. The molecular weight excluding hydrogens is 1030 g/mol. The van der Waals surface area contributed by atoms with E-state index in [1.54, 1.807) is 0 Å². The van der Waals surface area contributed by atoms with E-state index < -0.39 is 24.3 Å². The maximum absolute atomic E-state index is 12.9. The van der Waals surface area contributed by atoms with E-state index in [0.717, 1.165) is 116 Å². The number of allylic oxidation sites excluding steroid dienone is 20. The van der Waals surface area contributed by atoms with Gasteiger partial charge in [-0.05, 0) is 109 Å². The molecule has 0 heterocycles. The van der Waals surface area contributed by atoms with Gasteiger partial charge in [0.25, 0.3) is 0 Å². The monoisotopic (exact) mass is 1160 g/mol. The molecule has 9 nitrogen and oxygen atoms in total. The highest BCUT2D eigenvalue weighted by molar-refractivity contribution is 5.70. The summed E-state index contributed by atoms with van der Waals surface area (Å²) in [4.78, 5) is 37.5. The summed E-state index contributed by atoms with van der Waals surface area (Å²) in [5.74, 6) is -2.31. The summed E-state index contributed by atoms with van der Waals surface area (Å²) >= 11 is 0. The number of esters is 2. The smallest absolute Gasteiger partial charge is 0.306 e. The van der Waals surface area contributed by atoms with Gasteiger partial charge in [-0.3, -0.25) is 9.59 Å². The minimum absolute atomic E-state index is 0.139. The quantitative estimate of drug-likeness (QED) is 0.0195. The first-order valence-electron chi connectivity index (χ1n) is 33.7. The first-order chi connectivity index (χ1) is 40.6. The molecule has 0 aliphatic heterocycles. The molecular formula is C74H125NO8. The number of carbonyl (C=O) groups is 3. The number of nitrogens with zero attached hydrogens (tertiary/aromatic N) is 1. The van der Waals surface area contributed by atoms with Gasteiger partial charge in [0.1, 0.15) is 13.2 Å². The zero-order valence-corrected chi connectivity index (χ0v) is 54.0. The summed E-state index contributed by atoms with van der Waals surface area (Å²) in [6, 6.07) is 0. The molecule has 0 aromatic carbocycles. The summed E-state index contributed by atoms with van der Waals surface area (Å²) in [5, 5.41) is 11.8. The van der Waals surface area contributed by atoms with Gasteiger partial charge >= 0.3 is 11.9 Å². The number of carboxylic acids is 1. The van der Waals surface area contributed by atoms with Crippen molar-refractivity contribution >= 4 is 17.9 Å². The van der Waals surface area contributed by atoms with Gasteiger partial charge in [0.05, 0.1) is 40.3 Å². The fourth-order valence-corrected chi connectivity index (χ4v) is 9.05. The molecule has 474 valence electrons. The zero-order chi connectivity index (χ0) is 60.5. The Hall–Kier alpha value is -4.31. The summed E-state index contributed by atoms with van der Waals surface area (Å²) in [6.45, 7) is 4.61. The van der Waals surface area contributed by atoms with Crippen LogP contribution >= 0.6 is 0 Å². The van der Waals surface area contributed by atoms with Crippen molar-refractivity contribution in [1.82, 2.24) is 0 Å². The number of carbonyl (C=O) groups excluding carboxylic acids is 3. The average molecular weight is 1160 g/mol. The van der Waals surface area contributed by atoms with Crippen LogP contribution in [0.5, 0.6) is 0 Å². The second-order valence-electron chi connectivity index (χ2n) is 23.4. The Morgan fingerprint density at radius 1 is 0.373 bits per heavy atom. The largest absolute Gasteiger partial charge is 0.545 e. The van der Waals surface area contributed by atoms with Crippen LogP contribution in [0.3, 0.4) is 0 Å². The molecule has 0 aromatic heterocycles. The number of likely N-dealkylation sites (N-methyl/N-ethyl adjacent to an activating group) is 1. The van der Waals surface area contributed by atoms with E-state index in [4.69, 9.17) is 18.9 Å². The number of aliphatic carboxylic acids is 1. The maximum atomic E-state index is 12.9. The van der Waals surface area contributed by atoms with E-state index >= 15 is 0 Å². The lowest BCUT2D eigenvalue weighted by atomic mass is 10.0. The molecule has 0 rings (SSSR count). The fourth-order valence-electron chi connectivity index (χ4n) is 9.05. The molecule has 9 heteroatoms. The number of carboxylic acid groups (broad SMARTS) is 1. The van der Waals surface area contributed by atoms with Crippen LogP contribution in [0.1, 0.15) is 271 Å². The summed E-state index contributed by atoms with van der Waals surface area (Å²) in [6.07, 6.45) is 86.9. The molecule has 2 atom stereocenters. The van der Waals surface area contributed by atoms with Gasteiger partial charge in [0.15, 0.2) is 12.4 Å². The third-order valence-corrected chi connectivity index (χ3v) is 14.2. The SMILES string of the molecule is CC/C=C\C/C=C\C/C=C\C/C=C\C/C=C\C/C=C\C/C=C\C/C=C\CCCCCCCCC(=O)OC(COC(=O)CCCCCCCCCCCCCCCCC/C=C\C/C=C\CCCCCCC)COC(OCC[N+](C)(C)C)C(=O)[O-]. The molecule has 83 heavy (non-hydrogen) atoms. The Labute approximate surface area is 510 Å². The van der Waals surface area contributed by atoms with Crippen LogP contribution in [0, 0.1) is 0 Å². The second-order valence-corrected chi connectivity index (χ2v) is 23.4. The number of ether oxygens (including phenoxy) is 4. The molecule has 0 aliphatic carbocycles. The van der Waals surface area contributed by atoms with E-state index in [9.17, 15) is 19.5 Å². The Kier molecular flexibility index (Phi) is 60.4. The van der Waals surface area contributed by atoms with Crippen molar-refractivity contribution in [3.05, 3.63) is 122 Å². The normalized spacial score (nSPS) is 13.5. The third-order valence-electron chi connectivity index (χ3n) is 14.2. The van der Waals surface area contributed by atoms with Crippen LogP contribution in [0.4, 0.5) is 0 Å². The Morgan fingerprint density at radius 3 is 1.02 bits per heavy atom. The molecule has 2 unspecified atom stereocenters. The van der Waals surface area contributed by atoms with E-state index in [0.29, 0.717) is 17.4 Å². The summed E-state index contributed by atoms with van der Waals surface area (Å²) in [7, 11) is 5.92. The van der Waals surface area contributed by atoms with E-state index in [-0.39, 0.29) is 38.6 Å². The Balaban J connectivity index is 4.22. The van der Waals surface area contributed by atoms with E-state index in [1.165, 1.54) is 122 Å². The molecule has 0 aliphatic rings. The van der Waals surface area contributed by atoms with Crippen molar-refractivity contribution < 1.29 is 42.9 Å². The van der Waals surface area contributed by atoms with Crippen molar-refractivity contribution in [2.24, 2.45) is 0 Å². The first-order valence-corrected chi connectivity index (χ1v) is 33.7.